The first-order chi connectivity index (χ1) is 8.97. The van der Waals surface area contributed by atoms with E-state index >= 15 is 0 Å². The molecule has 0 atom stereocenters. The molecule has 0 spiro atoms. The molecule has 0 unspecified atom stereocenters. The van der Waals surface area contributed by atoms with E-state index in [1.165, 1.54) is 24.3 Å². The summed E-state index contributed by atoms with van der Waals surface area (Å²) >= 11 is 0. The number of sulfonamides is 1. The van der Waals surface area contributed by atoms with Gasteiger partial charge in [-0.05, 0) is 37.3 Å². The van der Waals surface area contributed by atoms with Gasteiger partial charge in [0.15, 0.2) is 0 Å². The van der Waals surface area contributed by atoms with E-state index in [1.54, 1.807) is 6.07 Å². The molecule has 19 heavy (non-hydrogen) atoms. The van der Waals surface area contributed by atoms with Crippen LogP contribution in [0.2, 0.25) is 0 Å². The van der Waals surface area contributed by atoms with Gasteiger partial charge in [0.1, 0.15) is 5.75 Å². The highest BCUT2D eigenvalue weighted by atomic mass is 32.2. The number of aromatic nitrogens is 1. The smallest absolute Gasteiger partial charge is 0.241 e. The predicted octanol–water partition coefficient (Wildman–Crippen LogP) is 1.57. The third-order valence-corrected chi connectivity index (χ3v) is 3.92. The van der Waals surface area contributed by atoms with E-state index in [0.29, 0.717) is 5.69 Å². The lowest BCUT2D eigenvalue weighted by Crippen LogP contribution is -2.23. The summed E-state index contributed by atoms with van der Waals surface area (Å²) < 4.78 is 26.4. The Balaban J connectivity index is 2.14. The molecule has 1 aromatic heterocycles. The highest BCUT2D eigenvalue weighted by molar-refractivity contribution is 7.89. The van der Waals surface area contributed by atoms with Gasteiger partial charge in [-0.2, -0.15) is 0 Å². The molecule has 6 heteroatoms. The van der Waals surface area contributed by atoms with Crippen molar-refractivity contribution in [2.45, 2.75) is 18.4 Å². The first-order valence-electron chi connectivity index (χ1n) is 5.68. The SMILES string of the molecule is Cc1cccc(CNS(=O)(=O)c2cccc(O)c2)n1. The third-order valence-electron chi connectivity index (χ3n) is 2.52. The Labute approximate surface area is 112 Å². The molecule has 2 rings (SSSR count). The first kappa shape index (κ1) is 13.5. The minimum absolute atomic E-state index is 0.0279. The standard InChI is InChI=1S/C13H14N2O3S/c1-10-4-2-5-11(15-10)9-14-19(17,18)13-7-3-6-12(16)8-13/h2-8,14,16H,9H2,1H3. The summed E-state index contributed by atoms with van der Waals surface area (Å²) in [7, 11) is -3.64. The van der Waals surface area contributed by atoms with Crippen LogP contribution in [0.25, 0.3) is 0 Å². The fraction of sp³-hybridized carbons (Fsp3) is 0.154. The van der Waals surface area contributed by atoms with Crippen LogP contribution >= 0.6 is 0 Å². The van der Waals surface area contributed by atoms with Crippen molar-refractivity contribution in [3.8, 4) is 5.75 Å². The van der Waals surface area contributed by atoms with E-state index in [4.69, 9.17) is 0 Å². The number of nitrogens with zero attached hydrogens (tertiary/aromatic N) is 1. The average molecular weight is 278 g/mol. The Bertz CT molecular complexity index is 684. The summed E-state index contributed by atoms with van der Waals surface area (Å²) in [4.78, 5) is 4.24. The molecule has 100 valence electrons. The lowest BCUT2D eigenvalue weighted by molar-refractivity contribution is 0.473. The molecular formula is C13H14N2O3S. The fourth-order valence-electron chi connectivity index (χ4n) is 1.60. The first-order valence-corrected chi connectivity index (χ1v) is 7.17. The number of aryl methyl sites for hydroxylation is 1. The zero-order valence-corrected chi connectivity index (χ0v) is 11.2. The van der Waals surface area contributed by atoms with Crippen LogP contribution in [0, 0.1) is 6.92 Å². The topological polar surface area (TPSA) is 79.3 Å². The second-order valence-corrected chi connectivity index (χ2v) is 5.86. The van der Waals surface area contributed by atoms with E-state index in [-0.39, 0.29) is 17.2 Å². The van der Waals surface area contributed by atoms with E-state index in [0.717, 1.165) is 5.69 Å². The Hall–Kier alpha value is -1.92. The Kier molecular flexibility index (Phi) is 3.82. The van der Waals surface area contributed by atoms with Gasteiger partial charge in [-0.3, -0.25) is 4.98 Å². The van der Waals surface area contributed by atoms with Crippen molar-refractivity contribution in [1.82, 2.24) is 9.71 Å². The number of pyridine rings is 1. The third kappa shape index (κ3) is 3.52. The van der Waals surface area contributed by atoms with Gasteiger partial charge >= 0.3 is 0 Å². The molecule has 0 aliphatic carbocycles. The molecule has 0 aliphatic rings. The molecule has 5 nitrogen and oxygen atoms in total. The summed E-state index contributed by atoms with van der Waals surface area (Å²) in [5.41, 5.74) is 1.47. The molecule has 0 bridgehead atoms. The van der Waals surface area contributed by atoms with Crippen molar-refractivity contribution in [3.63, 3.8) is 0 Å². The molecule has 1 aromatic carbocycles. The van der Waals surface area contributed by atoms with Gasteiger partial charge < -0.3 is 5.11 Å². The maximum Gasteiger partial charge on any atom is 0.241 e. The van der Waals surface area contributed by atoms with Crippen molar-refractivity contribution in [2.75, 3.05) is 0 Å². The van der Waals surface area contributed by atoms with Crippen LogP contribution in [0.4, 0.5) is 0 Å². The van der Waals surface area contributed by atoms with Crippen LogP contribution < -0.4 is 4.72 Å². The second-order valence-electron chi connectivity index (χ2n) is 4.09. The average Bonchev–Trinajstić information content (AvgIpc) is 2.37. The highest BCUT2D eigenvalue weighted by Crippen LogP contribution is 2.15. The molecule has 0 fully saturated rings. The van der Waals surface area contributed by atoms with Gasteiger partial charge in [0.2, 0.25) is 10.0 Å². The van der Waals surface area contributed by atoms with Crippen LogP contribution in [0.1, 0.15) is 11.4 Å². The fourth-order valence-corrected chi connectivity index (χ4v) is 2.64. The van der Waals surface area contributed by atoms with Crippen molar-refractivity contribution in [2.24, 2.45) is 0 Å². The lowest BCUT2D eigenvalue weighted by Gasteiger charge is -2.07. The summed E-state index contributed by atoms with van der Waals surface area (Å²) in [5.74, 6) is -0.0865. The monoisotopic (exact) mass is 278 g/mol. The maximum absolute atomic E-state index is 12.0. The summed E-state index contributed by atoms with van der Waals surface area (Å²) in [5, 5.41) is 9.29. The summed E-state index contributed by atoms with van der Waals surface area (Å²) in [6.45, 7) is 1.95. The summed E-state index contributed by atoms with van der Waals surface area (Å²) in [6, 6.07) is 10.9. The Morgan fingerprint density at radius 2 is 1.95 bits per heavy atom. The van der Waals surface area contributed by atoms with Gasteiger partial charge in [0.05, 0.1) is 17.1 Å². The van der Waals surface area contributed by atoms with Crippen molar-refractivity contribution in [1.29, 1.82) is 0 Å². The van der Waals surface area contributed by atoms with Gasteiger partial charge in [-0.1, -0.05) is 12.1 Å². The van der Waals surface area contributed by atoms with Crippen LogP contribution in [-0.2, 0) is 16.6 Å². The highest BCUT2D eigenvalue weighted by Gasteiger charge is 2.14. The van der Waals surface area contributed by atoms with E-state index in [2.05, 4.69) is 9.71 Å². The van der Waals surface area contributed by atoms with Crippen LogP contribution in [0.15, 0.2) is 47.4 Å². The number of aromatic hydroxyl groups is 1. The number of phenolic OH excluding ortho intramolecular Hbond substituents is 1. The number of benzene rings is 1. The molecule has 0 saturated carbocycles. The minimum atomic E-state index is -3.64. The van der Waals surface area contributed by atoms with Gasteiger partial charge in [0, 0.05) is 5.69 Å². The maximum atomic E-state index is 12.0. The number of phenols is 1. The summed E-state index contributed by atoms with van der Waals surface area (Å²) in [6.07, 6.45) is 0. The largest absolute Gasteiger partial charge is 0.508 e. The molecule has 1 heterocycles. The Morgan fingerprint density at radius 3 is 2.63 bits per heavy atom. The molecular weight excluding hydrogens is 264 g/mol. The van der Waals surface area contributed by atoms with Crippen molar-refractivity contribution >= 4 is 10.0 Å². The Morgan fingerprint density at radius 1 is 1.21 bits per heavy atom. The zero-order chi connectivity index (χ0) is 13.9. The van der Waals surface area contributed by atoms with Gasteiger partial charge in [-0.15, -0.1) is 0 Å². The predicted molar refractivity (Wildman–Crippen MR) is 71.1 cm³/mol. The van der Waals surface area contributed by atoms with Gasteiger partial charge in [-0.25, -0.2) is 13.1 Å². The molecule has 0 amide bonds. The normalized spacial score (nSPS) is 11.4. The van der Waals surface area contributed by atoms with E-state index in [1.807, 2.05) is 19.1 Å². The van der Waals surface area contributed by atoms with Gasteiger partial charge in [0.25, 0.3) is 0 Å². The molecule has 0 aliphatic heterocycles. The minimum Gasteiger partial charge on any atom is -0.508 e. The van der Waals surface area contributed by atoms with E-state index < -0.39 is 10.0 Å². The van der Waals surface area contributed by atoms with Crippen LogP contribution in [0.5, 0.6) is 5.75 Å². The number of hydrogen-bond acceptors (Lipinski definition) is 4. The number of rotatable bonds is 4. The lowest BCUT2D eigenvalue weighted by atomic mass is 10.3. The second kappa shape index (κ2) is 5.38. The molecule has 0 radical (unpaired) electrons. The van der Waals surface area contributed by atoms with Crippen LogP contribution in [-0.4, -0.2) is 18.5 Å². The number of hydrogen-bond donors (Lipinski definition) is 2. The van der Waals surface area contributed by atoms with E-state index in [9.17, 15) is 13.5 Å². The quantitative estimate of drug-likeness (QED) is 0.889. The van der Waals surface area contributed by atoms with Crippen LogP contribution in [0.3, 0.4) is 0 Å². The van der Waals surface area contributed by atoms with Crippen molar-refractivity contribution in [3.05, 3.63) is 53.9 Å². The number of nitrogens with one attached hydrogen (secondary N) is 1. The van der Waals surface area contributed by atoms with Crippen molar-refractivity contribution < 1.29 is 13.5 Å². The molecule has 0 saturated heterocycles. The molecule has 2 aromatic rings. The zero-order valence-electron chi connectivity index (χ0n) is 10.4. The molecule has 2 N–H and O–H groups in total.